The van der Waals surface area contributed by atoms with Crippen molar-refractivity contribution in [1.29, 1.82) is 0 Å². The van der Waals surface area contributed by atoms with Gasteiger partial charge in [0, 0.05) is 39.3 Å². The van der Waals surface area contributed by atoms with Gasteiger partial charge in [0.2, 0.25) is 0 Å². The molecule has 2 fully saturated rings. The lowest BCUT2D eigenvalue weighted by Crippen LogP contribution is -2.53. The van der Waals surface area contributed by atoms with Crippen molar-refractivity contribution in [3.8, 4) is 0 Å². The second-order valence-electron chi connectivity index (χ2n) is 6.25. The molecule has 0 spiro atoms. The first-order valence-electron chi connectivity index (χ1n) is 8.64. The van der Waals surface area contributed by atoms with Gasteiger partial charge >= 0.3 is 0 Å². The predicted molar refractivity (Wildman–Crippen MR) is 105 cm³/mol. The molecule has 1 aromatic heterocycles. The molecule has 1 amide bonds. The van der Waals surface area contributed by atoms with Crippen LogP contribution in [0.4, 0.5) is 0 Å². The summed E-state index contributed by atoms with van der Waals surface area (Å²) in [6.45, 7) is 6.91. The lowest BCUT2D eigenvalue weighted by Gasteiger charge is -2.36. The minimum absolute atomic E-state index is 0. The average molecular weight is 446 g/mol. The number of aliphatic imine (C=N–C) groups is 1. The molecule has 24 heavy (non-hydrogen) atoms. The summed E-state index contributed by atoms with van der Waals surface area (Å²) < 4.78 is 5.20. The van der Waals surface area contributed by atoms with E-state index in [1.165, 1.54) is 19.3 Å². The number of carbonyl (C=O) groups excluding carboxylic acids is 1. The van der Waals surface area contributed by atoms with Crippen LogP contribution in [0.3, 0.4) is 0 Å². The monoisotopic (exact) mass is 446 g/mol. The minimum Gasteiger partial charge on any atom is -0.459 e. The number of nitrogens with one attached hydrogen (secondary N) is 1. The van der Waals surface area contributed by atoms with Gasteiger partial charge in [-0.1, -0.05) is 6.42 Å². The Balaban J connectivity index is 0.00000208. The summed E-state index contributed by atoms with van der Waals surface area (Å²) >= 11 is 0. The summed E-state index contributed by atoms with van der Waals surface area (Å²) in [6.07, 6.45) is 5.52. The van der Waals surface area contributed by atoms with Crippen LogP contribution in [-0.4, -0.2) is 60.9 Å². The largest absolute Gasteiger partial charge is 0.459 e. The van der Waals surface area contributed by atoms with E-state index in [-0.39, 0.29) is 29.9 Å². The molecule has 1 aliphatic carbocycles. The fourth-order valence-corrected chi connectivity index (χ4v) is 2.99. The number of halogens is 1. The standard InChI is InChI=1S/C17H26N4O2.HI/c1-2-18-17(19-13-14-5-3-6-14)21-10-8-20(9-11-21)16(22)15-7-4-12-23-15;/h4,7,12,14H,2-3,5-6,8-11,13H2,1H3,(H,18,19);1H. The number of guanidine groups is 1. The van der Waals surface area contributed by atoms with Crippen molar-refractivity contribution in [2.24, 2.45) is 10.9 Å². The van der Waals surface area contributed by atoms with Crippen LogP contribution in [0.1, 0.15) is 36.7 Å². The van der Waals surface area contributed by atoms with Crippen molar-refractivity contribution in [2.45, 2.75) is 26.2 Å². The molecule has 1 saturated carbocycles. The van der Waals surface area contributed by atoms with Gasteiger partial charge in [-0.3, -0.25) is 9.79 Å². The molecule has 0 unspecified atom stereocenters. The molecule has 0 radical (unpaired) electrons. The first kappa shape index (κ1) is 19.1. The van der Waals surface area contributed by atoms with Gasteiger partial charge in [-0.2, -0.15) is 0 Å². The number of nitrogens with zero attached hydrogens (tertiary/aromatic N) is 3. The maximum atomic E-state index is 12.3. The van der Waals surface area contributed by atoms with Crippen LogP contribution in [0, 0.1) is 5.92 Å². The summed E-state index contributed by atoms with van der Waals surface area (Å²) in [4.78, 5) is 21.2. The number of furan rings is 1. The Kier molecular flexibility index (Phi) is 7.39. The highest BCUT2D eigenvalue weighted by molar-refractivity contribution is 14.0. The van der Waals surface area contributed by atoms with Gasteiger partial charge in [-0.05, 0) is 37.8 Å². The molecule has 1 saturated heterocycles. The van der Waals surface area contributed by atoms with Gasteiger partial charge in [-0.15, -0.1) is 24.0 Å². The summed E-state index contributed by atoms with van der Waals surface area (Å²) in [7, 11) is 0. The molecule has 0 atom stereocenters. The van der Waals surface area contributed by atoms with Crippen molar-refractivity contribution in [2.75, 3.05) is 39.3 Å². The zero-order valence-electron chi connectivity index (χ0n) is 14.2. The normalized spacial score (nSPS) is 18.8. The predicted octanol–water partition coefficient (Wildman–Crippen LogP) is 2.42. The first-order chi connectivity index (χ1) is 11.3. The number of carbonyl (C=O) groups is 1. The van der Waals surface area contributed by atoms with E-state index in [1.54, 1.807) is 18.4 Å². The van der Waals surface area contributed by atoms with E-state index in [4.69, 9.17) is 9.41 Å². The molecule has 1 aromatic rings. The Hall–Kier alpha value is -1.25. The van der Waals surface area contributed by atoms with Crippen molar-refractivity contribution in [3.63, 3.8) is 0 Å². The molecule has 0 bridgehead atoms. The van der Waals surface area contributed by atoms with E-state index >= 15 is 0 Å². The molecule has 0 aromatic carbocycles. The molecule has 6 nitrogen and oxygen atoms in total. The highest BCUT2D eigenvalue weighted by atomic mass is 127. The number of hydrogen-bond acceptors (Lipinski definition) is 3. The van der Waals surface area contributed by atoms with Crippen LogP contribution in [0.5, 0.6) is 0 Å². The second kappa shape index (κ2) is 9.29. The Morgan fingerprint density at radius 2 is 2.00 bits per heavy atom. The molecule has 1 N–H and O–H groups in total. The van der Waals surface area contributed by atoms with Crippen LogP contribution < -0.4 is 5.32 Å². The molecule has 3 rings (SSSR count). The van der Waals surface area contributed by atoms with Gasteiger partial charge in [0.1, 0.15) is 0 Å². The third kappa shape index (κ3) is 4.64. The SMILES string of the molecule is CCNC(=NCC1CCC1)N1CCN(C(=O)c2ccco2)CC1.I. The summed E-state index contributed by atoms with van der Waals surface area (Å²) in [5, 5.41) is 3.38. The van der Waals surface area contributed by atoms with Crippen LogP contribution in [-0.2, 0) is 0 Å². The average Bonchev–Trinajstić information content (AvgIpc) is 3.06. The highest BCUT2D eigenvalue weighted by Crippen LogP contribution is 2.26. The van der Waals surface area contributed by atoms with E-state index in [2.05, 4.69) is 17.1 Å². The summed E-state index contributed by atoms with van der Waals surface area (Å²) in [5.74, 6) is 2.16. The fourth-order valence-electron chi connectivity index (χ4n) is 2.99. The number of amides is 1. The van der Waals surface area contributed by atoms with Gasteiger partial charge in [-0.25, -0.2) is 0 Å². The van der Waals surface area contributed by atoms with E-state index in [1.807, 2.05) is 4.90 Å². The lowest BCUT2D eigenvalue weighted by atomic mass is 9.86. The Bertz CT molecular complexity index is 535. The van der Waals surface area contributed by atoms with E-state index in [0.717, 1.165) is 38.1 Å². The van der Waals surface area contributed by atoms with Gasteiger partial charge in [0.15, 0.2) is 11.7 Å². The summed E-state index contributed by atoms with van der Waals surface area (Å²) in [6, 6.07) is 3.47. The topological polar surface area (TPSA) is 61.1 Å². The first-order valence-corrected chi connectivity index (χ1v) is 8.64. The molecule has 7 heteroatoms. The van der Waals surface area contributed by atoms with Crippen molar-refractivity contribution < 1.29 is 9.21 Å². The minimum atomic E-state index is -0.0222. The third-order valence-corrected chi connectivity index (χ3v) is 4.66. The Labute approximate surface area is 160 Å². The lowest BCUT2D eigenvalue weighted by molar-refractivity contribution is 0.0657. The fraction of sp³-hybridized carbons (Fsp3) is 0.647. The maximum Gasteiger partial charge on any atom is 0.289 e. The van der Waals surface area contributed by atoms with Gasteiger partial charge in [0.05, 0.1) is 6.26 Å². The highest BCUT2D eigenvalue weighted by Gasteiger charge is 2.25. The van der Waals surface area contributed by atoms with Crippen LogP contribution >= 0.6 is 24.0 Å². The molecule has 2 heterocycles. The number of rotatable bonds is 4. The van der Waals surface area contributed by atoms with Crippen molar-refractivity contribution in [3.05, 3.63) is 24.2 Å². The molecular weight excluding hydrogens is 419 g/mol. The van der Waals surface area contributed by atoms with E-state index < -0.39 is 0 Å². The van der Waals surface area contributed by atoms with Crippen LogP contribution in [0.2, 0.25) is 0 Å². The third-order valence-electron chi connectivity index (χ3n) is 4.66. The van der Waals surface area contributed by atoms with Gasteiger partial charge < -0.3 is 19.5 Å². The molecule has 134 valence electrons. The van der Waals surface area contributed by atoms with E-state index in [0.29, 0.717) is 18.8 Å². The zero-order chi connectivity index (χ0) is 16.1. The number of hydrogen-bond donors (Lipinski definition) is 1. The van der Waals surface area contributed by atoms with Crippen LogP contribution in [0.15, 0.2) is 27.8 Å². The smallest absolute Gasteiger partial charge is 0.289 e. The Morgan fingerprint density at radius 1 is 1.29 bits per heavy atom. The van der Waals surface area contributed by atoms with E-state index in [9.17, 15) is 4.79 Å². The zero-order valence-corrected chi connectivity index (χ0v) is 16.6. The molecule has 1 aliphatic heterocycles. The quantitative estimate of drug-likeness (QED) is 0.439. The van der Waals surface area contributed by atoms with Crippen LogP contribution in [0.25, 0.3) is 0 Å². The maximum absolute atomic E-state index is 12.3. The Morgan fingerprint density at radius 3 is 2.54 bits per heavy atom. The number of piperazine rings is 1. The second-order valence-corrected chi connectivity index (χ2v) is 6.25. The molecular formula is C17H27IN4O2. The summed E-state index contributed by atoms with van der Waals surface area (Å²) in [5.41, 5.74) is 0. The van der Waals surface area contributed by atoms with Crippen molar-refractivity contribution >= 4 is 35.8 Å². The molecule has 2 aliphatic rings. The van der Waals surface area contributed by atoms with Crippen molar-refractivity contribution in [1.82, 2.24) is 15.1 Å². The van der Waals surface area contributed by atoms with Gasteiger partial charge in [0.25, 0.3) is 5.91 Å².